The van der Waals surface area contributed by atoms with Gasteiger partial charge in [0.15, 0.2) is 0 Å². The van der Waals surface area contributed by atoms with Crippen molar-refractivity contribution in [2.75, 3.05) is 18.4 Å². The molecule has 1 heterocycles. The quantitative estimate of drug-likeness (QED) is 0.884. The van der Waals surface area contributed by atoms with Crippen molar-refractivity contribution in [2.24, 2.45) is 5.41 Å². The van der Waals surface area contributed by atoms with Gasteiger partial charge < -0.3 is 10.6 Å². The van der Waals surface area contributed by atoms with Crippen LogP contribution in [0.2, 0.25) is 15.1 Å². The van der Waals surface area contributed by atoms with E-state index >= 15 is 0 Å². The number of anilines is 1. The van der Waals surface area contributed by atoms with Gasteiger partial charge in [-0.1, -0.05) is 41.7 Å². The Kier molecular flexibility index (Phi) is 4.62. The van der Waals surface area contributed by atoms with Gasteiger partial charge in [-0.15, -0.1) is 0 Å². The van der Waals surface area contributed by atoms with Crippen LogP contribution in [0.4, 0.5) is 5.69 Å². The summed E-state index contributed by atoms with van der Waals surface area (Å²) in [4.78, 5) is 12.5. The van der Waals surface area contributed by atoms with Crippen LogP contribution in [0.5, 0.6) is 0 Å². The number of hydrogen-bond acceptors (Lipinski definition) is 2. The summed E-state index contributed by atoms with van der Waals surface area (Å²) in [5, 5.41) is 7.20. The summed E-state index contributed by atoms with van der Waals surface area (Å²) >= 11 is 18.0. The van der Waals surface area contributed by atoms with E-state index in [0.717, 1.165) is 19.4 Å². The van der Waals surface area contributed by atoms with Gasteiger partial charge in [0.25, 0.3) is 0 Å². The Morgan fingerprint density at radius 3 is 2.47 bits per heavy atom. The van der Waals surface area contributed by atoms with Crippen LogP contribution in [0.3, 0.4) is 0 Å². The molecule has 1 aromatic carbocycles. The molecule has 2 N–H and O–H groups in total. The Balaban J connectivity index is 2.24. The first kappa shape index (κ1) is 14.9. The number of amides is 1. The molecule has 0 radical (unpaired) electrons. The van der Waals surface area contributed by atoms with Crippen molar-refractivity contribution < 1.29 is 4.79 Å². The minimum Gasteiger partial charge on any atom is -0.323 e. The van der Waals surface area contributed by atoms with Crippen LogP contribution < -0.4 is 10.6 Å². The van der Waals surface area contributed by atoms with E-state index in [0.29, 0.717) is 27.3 Å². The normalized spacial score (nSPS) is 22.5. The van der Waals surface area contributed by atoms with E-state index in [1.165, 1.54) is 0 Å². The van der Waals surface area contributed by atoms with Gasteiger partial charge in [-0.05, 0) is 31.5 Å². The maximum atomic E-state index is 12.5. The molecule has 0 bridgehead atoms. The van der Waals surface area contributed by atoms with Crippen LogP contribution in [0, 0.1) is 5.41 Å². The second-order valence-electron chi connectivity index (χ2n) is 4.76. The molecule has 1 unspecified atom stereocenters. The number of hydrogen-bond donors (Lipinski definition) is 2. The minimum absolute atomic E-state index is 0.0499. The Labute approximate surface area is 127 Å². The molecule has 104 valence electrons. The lowest BCUT2D eigenvalue weighted by Crippen LogP contribution is -2.37. The third-order valence-corrected chi connectivity index (χ3v) is 4.46. The summed E-state index contributed by atoms with van der Waals surface area (Å²) in [5.41, 5.74) is 0.0456. The van der Waals surface area contributed by atoms with Crippen molar-refractivity contribution in [2.45, 2.75) is 19.8 Å². The molecule has 0 aromatic heterocycles. The molecule has 1 atom stereocenters. The molecule has 1 aromatic rings. The summed E-state index contributed by atoms with van der Waals surface area (Å²) in [6.45, 7) is 3.54. The van der Waals surface area contributed by atoms with Crippen molar-refractivity contribution in [3.05, 3.63) is 27.2 Å². The van der Waals surface area contributed by atoms with Crippen LogP contribution in [0.25, 0.3) is 0 Å². The molecule has 0 saturated carbocycles. The lowest BCUT2D eigenvalue weighted by atomic mass is 9.83. The summed E-state index contributed by atoms with van der Waals surface area (Å²) in [7, 11) is 0. The van der Waals surface area contributed by atoms with Gasteiger partial charge >= 0.3 is 0 Å². The predicted octanol–water partition coefficient (Wildman–Crippen LogP) is 3.98. The van der Waals surface area contributed by atoms with Gasteiger partial charge in [0.05, 0.1) is 21.1 Å². The molecule has 3 nitrogen and oxygen atoms in total. The number of halogens is 3. The molecular formula is C13H15Cl3N2O. The number of benzene rings is 1. The highest BCUT2D eigenvalue weighted by atomic mass is 35.5. The van der Waals surface area contributed by atoms with Crippen LogP contribution in [0.15, 0.2) is 12.1 Å². The molecule has 6 heteroatoms. The number of carbonyl (C=O) groups excluding carboxylic acids is 1. The molecule has 2 rings (SSSR count). The Morgan fingerprint density at radius 2 is 2.00 bits per heavy atom. The molecule has 0 spiro atoms. The minimum atomic E-state index is -0.383. The second kappa shape index (κ2) is 5.88. The van der Waals surface area contributed by atoms with E-state index in [2.05, 4.69) is 10.6 Å². The Bertz CT molecular complexity index is 476. The van der Waals surface area contributed by atoms with Crippen molar-refractivity contribution in [1.29, 1.82) is 0 Å². The van der Waals surface area contributed by atoms with Crippen LogP contribution in [0.1, 0.15) is 19.8 Å². The van der Waals surface area contributed by atoms with Crippen LogP contribution in [-0.4, -0.2) is 19.0 Å². The summed E-state index contributed by atoms with van der Waals surface area (Å²) in [6.07, 6.45) is 1.59. The Hall–Kier alpha value is -0.480. The highest BCUT2D eigenvalue weighted by Gasteiger charge is 2.39. The van der Waals surface area contributed by atoms with Crippen molar-refractivity contribution >= 4 is 46.4 Å². The standard InChI is InChI=1S/C13H15Cl3N2O/c1-2-13(3-4-17-7-13)12(19)18-11-9(15)5-8(14)6-10(11)16/h5-6,17H,2-4,7H2,1H3,(H,18,19). The molecule has 0 aliphatic carbocycles. The van der Waals surface area contributed by atoms with Gasteiger partial charge in [-0.2, -0.15) is 0 Å². The SMILES string of the molecule is CCC1(C(=O)Nc2c(Cl)cc(Cl)cc2Cl)CCNC1. The average molecular weight is 322 g/mol. The van der Waals surface area contributed by atoms with E-state index in [1.54, 1.807) is 12.1 Å². The summed E-state index contributed by atoms with van der Waals surface area (Å²) in [5.74, 6) is -0.0499. The van der Waals surface area contributed by atoms with E-state index in [1.807, 2.05) is 6.92 Å². The zero-order valence-electron chi connectivity index (χ0n) is 10.5. The Morgan fingerprint density at radius 1 is 1.37 bits per heavy atom. The largest absolute Gasteiger partial charge is 0.323 e. The van der Waals surface area contributed by atoms with E-state index in [4.69, 9.17) is 34.8 Å². The second-order valence-corrected chi connectivity index (χ2v) is 6.01. The predicted molar refractivity (Wildman–Crippen MR) is 80.3 cm³/mol. The molecule has 1 fully saturated rings. The fraction of sp³-hybridized carbons (Fsp3) is 0.462. The smallest absolute Gasteiger partial charge is 0.231 e. The first-order valence-corrected chi connectivity index (χ1v) is 7.28. The van der Waals surface area contributed by atoms with E-state index in [-0.39, 0.29) is 11.3 Å². The van der Waals surface area contributed by atoms with Gasteiger partial charge in [0, 0.05) is 11.6 Å². The van der Waals surface area contributed by atoms with Crippen LogP contribution >= 0.6 is 34.8 Å². The summed E-state index contributed by atoms with van der Waals surface area (Å²) < 4.78 is 0. The van der Waals surface area contributed by atoms with Gasteiger partial charge in [0.1, 0.15) is 0 Å². The third kappa shape index (κ3) is 3.00. The monoisotopic (exact) mass is 320 g/mol. The molecule has 1 aliphatic rings. The summed E-state index contributed by atoms with van der Waals surface area (Å²) in [6, 6.07) is 3.13. The zero-order chi connectivity index (χ0) is 14.0. The maximum absolute atomic E-state index is 12.5. The van der Waals surface area contributed by atoms with E-state index < -0.39 is 0 Å². The topological polar surface area (TPSA) is 41.1 Å². The van der Waals surface area contributed by atoms with Crippen LogP contribution in [-0.2, 0) is 4.79 Å². The number of nitrogens with one attached hydrogen (secondary N) is 2. The maximum Gasteiger partial charge on any atom is 0.231 e. The molecule has 1 aliphatic heterocycles. The van der Waals surface area contributed by atoms with E-state index in [9.17, 15) is 4.79 Å². The fourth-order valence-electron chi connectivity index (χ4n) is 2.31. The lowest BCUT2D eigenvalue weighted by Gasteiger charge is -2.25. The average Bonchev–Trinajstić information content (AvgIpc) is 2.83. The zero-order valence-corrected chi connectivity index (χ0v) is 12.8. The molecule has 19 heavy (non-hydrogen) atoms. The molecule has 1 saturated heterocycles. The van der Waals surface area contributed by atoms with Crippen molar-refractivity contribution in [3.8, 4) is 0 Å². The number of carbonyl (C=O) groups is 1. The first-order chi connectivity index (χ1) is 8.98. The van der Waals surface area contributed by atoms with Gasteiger partial charge in [-0.25, -0.2) is 0 Å². The highest BCUT2D eigenvalue weighted by Crippen LogP contribution is 2.36. The number of rotatable bonds is 3. The van der Waals surface area contributed by atoms with Gasteiger partial charge in [-0.3, -0.25) is 4.79 Å². The third-order valence-electron chi connectivity index (χ3n) is 3.65. The molecular weight excluding hydrogens is 307 g/mol. The first-order valence-electron chi connectivity index (χ1n) is 6.15. The van der Waals surface area contributed by atoms with Crippen molar-refractivity contribution in [1.82, 2.24) is 5.32 Å². The lowest BCUT2D eigenvalue weighted by molar-refractivity contribution is -0.124. The fourth-order valence-corrected chi connectivity index (χ4v) is 3.22. The van der Waals surface area contributed by atoms with Gasteiger partial charge in [0.2, 0.25) is 5.91 Å². The van der Waals surface area contributed by atoms with Crippen molar-refractivity contribution in [3.63, 3.8) is 0 Å². The molecule has 1 amide bonds. The highest BCUT2D eigenvalue weighted by molar-refractivity contribution is 6.42.